The number of nitrogens with zero attached hydrogens (tertiary/aromatic N) is 1. The molecular formula is C41H51NO16. The number of fused-ring (bicyclic) bond motifs is 3. The van der Waals surface area contributed by atoms with Crippen molar-refractivity contribution >= 4 is 23.3 Å². The fourth-order valence-corrected chi connectivity index (χ4v) is 9.12. The van der Waals surface area contributed by atoms with Gasteiger partial charge >= 0.3 is 5.97 Å². The molecule has 316 valence electrons. The third-order valence-electron chi connectivity index (χ3n) is 12.1. The van der Waals surface area contributed by atoms with E-state index in [0.29, 0.717) is 12.8 Å². The molecule has 7 rings (SSSR count). The minimum atomic E-state index is -1.85. The first kappa shape index (κ1) is 42.1. The minimum Gasteiger partial charge on any atom is -0.507 e. The number of carbonyl (C=O) groups excluding carboxylic acids is 4. The van der Waals surface area contributed by atoms with Crippen LogP contribution in [0.1, 0.15) is 115 Å². The average Bonchev–Trinajstić information content (AvgIpc) is 3.14. The van der Waals surface area contributed by atoms with Gasteiger partial charge in [0, 0.05) is 49.3 Å². The average molecular weight is 814 g/mol. The summed E-state index contributed by atoms with van der Waals surface area (Å²) in [6.45, 7) is 6.61. The maximum atomic E-state index is 13.9. The largest absolute Gasteiger partial charge is 0.507 e. The first-order chi connectivity index (χ1) is 27.3. The standard InChI is InChI=1S/C41H51NO16/c1-16-22(43)10-11-27(53-16)57-39-18(3)55-29(14-25(39)46)58-38-17(2)54-28(13-21(38)42(5)6)56-26-15-41(4,51)34(40(50)52-7)19-12-20-31(36(48)30(19)26)37(49)33-24(45)9-8-23(44)32(33)35(20)47/h8-9,12,16-18,21,25-29,34,38-39,44-46,48,51H,10-11,13-15H2,1-7H3/t16-,17-,18-,21-,25-,26-,27+,28+,29+,34-,38-,39+,41+/m1/s1. The Hall–Kier alpha value is -4.04. The Balaban J connectivity index is 1.13. The zero-order valence-electron chi connectivity index (χ0n) is 33.4. The van der Waals surface area contributed by atoms with E-state index >= 15 is 0 Å². The maximum absolute atomic E-state index is 13.9. The maximum Gasteiger partial charge on any atom is 0.316 e. The lowest BCUT2D eigenvalue weighted by Gasteiger charge is -2.48. The Labute approximate surface area is 334 Å². The molecule has 0 spiro atoms. The van der Waals surface area contributed by atoms with E-state index in [4.69, 9.17) is 33.2 Å². The number of aliphatic hydroxyl groups excluding tert-OH is 1. The van der Waals surface area contributed by atoms with Gasteiger partial charge in [-0.3, -0.25) is 19.2 Å². The van der Waals surface area contributed by atoms with Crippen molar-refractivity contribution in [1.82, 2.24) is 4.90 Å². The van der Waals surface area contributed by atoms with Gasteiger partial charge in [0.2, 0.25) is 5.78 Å². The molecule has 5 aliphatic rings. The van der Waals surface area contributed by atoms with Crippen LogP contribution in [-0.2, 0) is 42.7 Å². The number of rotatable bonds is 8. The van der Waals surface area contributed by atoms with Crippen LogP contribution in [0.3, 0.4) is 0 Å². The molecule has 3 saturated heterocycles. The van der Waals surface area contributed by atoms with Gasteiger partial charge in [-0.25, -0.2) is 0 Å². The van der Waals surface area contributed by atoms with Crippen LogP contribution in [0.4, 0.5) is 0 Å². The van der Waals surface area contributed by atoms with E-state index in [0.717, 1.165) is 19.2 Å². The lowest BCUT2D eigenvalue weighted by Crippen LogP contribution is -2.58. The normalized spacial score (nSPS) is 36.3. The molecule has 58 heavy (non-hydrogen) atoms. The second-order valence-corrected chi connectivity index (χ2v) is 16.3. The summed E-state index contributed by atoms with van der Waals surface area (Å²) in [5.74, 6) is -5.95. The number of hydrogen-bond donors (Lipinski definition) is 5. The van der Waals surface area contributed by atoms with Gasteiger partial charge in [0.05, 0.1) is 53.8 Å². The van der Waals surface area contributed by atoms with Crippen molar-refractivity contribution in [3.05, 3.63) is 51.6 Å². The number of hydrogen-bond acceptors (Lipinski definition) is 17. The molecule has 0 saturated carbocycles. The Morgan fingerprint density at radius 2 is 1.45 bits per heavy atom. The highest BCUT2D eigenvalue weighted by molar-refractivity contribution is 6.31. The number of aromatic hydroxyl groups is 3. The molecule has 2 aliphatic carbocycles. The van der Waals surface area contributed by atoms with Crippen LogP contribution in [0, 0.1) is 0 Å². The molecule has 2 aromatic carbocycles. The second-order valence-electron chi connectivity index (χ2n) is 16.3. The van der Waals surface area contributed by atoms with Gasteiger partial charge in [0.1, 0.15) is 41.5 Å². The van der Waals surface area contributed by atoms with Crippen LogP contribution in [-0.4, -0.2) is 142 Å². The Morgan fingerprint density at radius 3 is 2.05 bits per heavy atom. The highest BCUT2D eigenvalue weighted by Crippen LogP contribution is 2.53. The number of carbonyl (C=O) groups is 4. The molecule has 0 amide bonds. The van der Waals surface area contributed by atoms with Crippen LogP contribution in [0.15, 0.2) is 18.2 Å². The van der Waals surface area contributed by atoms with E-state index in [2.05, 4.69) is 0 Å². The Kier molecular flexibility index (Phi) is 11.5. The van der Waals surface area contributed by atoms with Crippen molar-refractivity contribution in [2.45, 2.75) is 139 Å². The number of methoxy groups -OCH3 is 1. The summed E-state index contributed by atoms with van der Waals surface area (Å²) in [5, 5.41) is 56.0. The van der Waals surface area contributed by atoms with Gasteiger partial charge < -0.3 is 63.6 Å². The lowest BCUT2D eigenvalue weighted by molar-refractivity contribution is -0.324. The third kappa shape index (κ3) is 7.41. The highest BCUT2D eigenvalue weighted by Gasteiger charge is 2.52. The van der Waals surface area contributed by atoms with Crippen LogP contribution >= 0.6 is 0 Å². The summed E-state index contributed by atoms with van der Waals surface area (Å²) in [5.41, 5.74) is -3.67. The molecule has 0 aromatic heterocycles. The second kappa shape index (κ2) is 15.9. The van der Waals surface area contributed by atoms with Gasteiger partial charge in [0.25, 0.3) is 0 Å². The summed E-state index contributed by atoms with van der Waals surface area (Å²) in [7, 11) is 4.83. The molecule has 17 heteroatoms. The van der Waals surface area contributed by atoms with Crippen molar-refractivity contribution in [2.75, 3.05) is 21.2 Å². The molecule has 3 aliphatic heterocycles. The SMILES string of the molecule is COC(=O)[C@H]1c2cc3c(c(O)c2[C@H](O[C@H]2C[C@@H](N(C)C)[C@H](O[C@H]4C[C@@H](O)[C@@H](O[C@H]5CCC(=O)[C@@H](C)O5)[C@@H](C)O4)[C@@H](C)O2)C[C@]1(C)O)C(=O)c1c(O)ccc(O)c1C3=O. The minimum absolute atomic E-state index is 0.00171. The Bertz CT molecular complexity index is 1970. The van der Waals surface area contributed by atoms with Gasteiger partial charge in [-0.05, 0) is 65.6 Å². The van der Waals surface area contributed by atoms with Crippen molar-refractivity contribution < 1.29 is 77.9 Å². The number of esters is 1. The van der Waals surface area contributed by atoms with Crippen LogP contribution in [0.25, 0.3) is 0 Å². The fraction of sp³-hybridized carbons (Fsp3) is 0.610. The van der Waals surface area contributed by atoms with E-state index < -0.39 is 125 Å². The number of benzene rings is 2. The smallest absolute Gasteiger partial charge is 0.316 e. The number of likely N-dealkylation sites (N-methyl/N-ethyl adjacent to an activating group) is 1. The quantitative estimate of drug-likeness (QED) is 0.162. The number of Topliss-reactive ketones (excluding diaryl/α,β-unsaturated/α-hetero) is 1. The van der Waals surface area contributed by atoms with Crippen molar-refractivity contribution in [3.8, 4) is 17.2 Å². The number of ketones is 3. The van der Waals surface area contributed by atoms with Gasteiger partial charge in [-0.1, -0.05) is 0 Å². The monoisotopic (exact) mass is 813 g/mol. The summed E-state index contributed by atoms with van der Waals surface area (Å²) in [6.07, 6.45) is -7.05. The molecule has 17 nitrogen and oxygen atoms in total. The summed E-state index contributed by atoms with van der Waals surface area (Å²) >= 11 is 0. The predicted molar refractivity (Wildman–Crippen MR) is 198 cm³/mol. The first-order valence-electron chi connectivity index (χ1n) is 19.5. The van der Waals surface area contributed by atoms with Crippen molar-refractivity contribution in [1.29, 1.82) is 0 Å². The Morgan fingerprint density at radius 1 is 0.845 bits per heavy atom. The molecule has 13 atom stereocenters. The van der Waals surface area contributed by atoms with E-state index in [1.807, 2.05) is 19.0 Å². The third-order valence-corrected chi connectivity index (χ3v) is 12.1. The predicted octanol–water partition coefficient (Wildman–Crippen LogP) is 2.47. The molecule has 0 unspecified atom stereocenters. The van der Waals surface area contributed by atoms with E-state index in [1.165, 1.54) is 13.0 Å². The highest BCUT2D eigenvalue weighted by atomic mass is 16.7. The summed E-state index contributed by atoms with van der Waals surface area (Å²) in [6, 6.07) is 2.98. The fourth-order valence-electron chi connectivity index (χ4n) is 9.12. The number of phenols is 3. The van der Waals surface area contributed by atoms with Crippen LogP contribution in [0.2, 0.25) is 0 Å². The van der Waals surface area contributed by atoms with Crippen molar-refractivity contribution in [3.63, 3.8) is 0 Å². The molecule has 3 fully saturated rings. The van der Waals surface area contributed by atoms with E-state index in [-0.39, 0.29) is 47.8 Å². The topological polar surface area (TPSA) is 237 Å². The van der Waals surface area contributed by atoms with Gasteiger partial charge in [0.15, 0.2) is 30.4 Å². The lowest BCUT2D eigenvalue weighted by atomic mass is 9.68. The molecule has 3 heterocycles. The first-order valence-corrected chi connectivity index (χ1v) is 19.5. The zero-order valence-corrected chi connectivity index (χ0v) is 33.4. The molecule has 0 bridgehead atoms. The zero-order chi connectivity index (χ0) is 42.1. The molecule has 2 aromatic rings. The summed E-state index contributed by atoms with van der Waals surface area (Å²) in [4.78, 5) is 54.8. The van der Waals surface area contributed by atoms with Crippen LogP contribution in [0.5, 0.6) is 17.2 Å². The van der Waals surface area contributed by atoms with E-state index in [9.17, 15) is 44.7 Å². The molecular weight excluding hydrogens is 762 g/mol. The van der Waals surface area contributed by atoms with E-state index in [1.54, 1.807) is 20.8 Å². The van der Waals surface area contributed by atoms with Crippen LogP contribution < -0.4 is 0 Å². The van der Waals surface area contributed by atoms with Crippen molar-refractivity contribution in [2.24, 2.45) is 0 Å². The summed E-state index contributed by atoms with van der Waals surface area (Å²) < 4.78 is 42.3. The van der Waals surface area contributed by atoms with Gasteiger partial charge in [-0.2, -0.15) is 0 Å². The van der Waals surface area contributed by atoms with Gasteiger partial charge in [-0.15, -0.1) is 0 Å². The molecule has 5 N–H and O–H groups in total. The molecule has 0 radical (unpaired) electrons. The number of aliphatic hydroxyl groups is 2. The number of phenolic OH excluding ortho intramolecular Hbond substituents is 3. The number of ether oxygens (including phenoxy) is 7.